The van der Waals surface area contributed by atoms with Crippen molar-refractivity contribution in [3.63, 3.8) is 0 Å². The number of rotatable bonds is 36. The van der Waals surface area contributed by atoms with E-state index in [4.69, 9.17) is 18.5 Å². The molecule has 0 saturated carbocycles. The predicted molar refractivity (Wildman–Crippen MR) is 189 cm³/mol. The number of phosphoric acid groups is 1. The summed E-state index contributed by atoms with van der Waals surface area (Å²) in [6.45, 7) is 5.48. The fourth-order valence-electron chi connectivity index (χ4n) is 5.57. The van der Waals surface area contributed by atoms with Crippen LogP contribution in [0.1, 0.15) is 201 Å². The molecular formula is C37H73O8P. The molecule has 0 radical (unpaired) electrons. The molecule has 8 nitrogen and oxygen atoms in total. The average molecular weight is 677 g/mol. The highest BCUT2D eigenvalue weighted by Gasteiger charge is 2.25. The van der Waals surface area contributed by atoms with Crippen molar-refractivity contribution >= 4 is 19.8 Å². The van der Waals surface area contributed by atoms with E-state index in [0.717, 1.165) is 38.5 Å². The van der Waals surface area contributed by atoms with Gasteiger partial charge in [-0.1, -0.05) is 168 Å². The van der Waals surface area contributed by atoms with Gasteiger partial charge in [0.1, 0.15) is 6.61 Å². The lowest BCUT2D eigenvalue weighted by Gasteiger charge is -2.19. The lowest BCUT2D eigenvalue weighted by atomic mass is 10.0. The molecule has 46 heavy (non-hydrogen) atoms. The number of phosphoric ester groups is 1. The van der Waals surface area contributed by atoms with E-state index in [1.807, 2.05) is 0 Å². The van der Waals surface area contributed by atoms with E-state index in [1.54, 1.807) is 6.92 Å². The summed E-state index contributed by atoms with van der Waals surface area (Å²) in [5.74, 6) is -0.786. The molecule has 2 atom stereocenters. The lowest BCUT2D eigenvalue weighted by Crippen LogP contribution is -2.29. The Labute approximate surface area is 283 Å². The Morgan fingerprint density at radius 3 is 1.22 bits per heavy atom. The minimum Gasteiger partial charge on any atom is -0.462 e. The Morgan fingerprint density at radius 2 is 0.848 bits per heavy atom. The van der Waals surface area contributed by atoms with Gasteiger partial charge in [-0.2, -0.15) is 0 Å². The summed E-state index contributed by atoms with van der Waals surface area (Å²) < 4.78 is 32.5. The third-order valence-electron chi connectivity index (χ3n) is 8.41. The largest absolute Gasteiger partial charge is 0.472 e. The highest BCUT2D eigenvalue weighted by molar-refractivity contribution is 7.47. The van der Waals surface area contributed by atoms with Crippen molar-refractivity contribution < 1.29 is 37.6 Å². The van der Waals surface area contributed by atoms with E-state index in [9.17, 15) is 19.0 Å². The van der Waals surface area contributed by atoms with Crippen molar-refractivity contribution in [3.05, 3.63) is 0 Å². The van der Waals surface area contributed by atoms with Crippen LogP contribution in [0.15, 0.2) is 0 Å². The molecule has 0 aliphatic rings. The Hall–Kier alpha value is -0.950. The van der Waals surface area contributed by atoms with Crippen molar-refractivity contribution in [2.75, 3.05) is 19.8 Å². The van der Waals surface area contributed by atoms with E-state index in [0.29, 0.717) is 6.42 Å². The molecule has 0 amide bonds. The first-order valence-corrected chi connectivity index (χ1v) is 20.8. The van der Waals surface area contributed by atoms with Crippen LogP contribution >= 0.6 is 7.82 Å². The fourth-order valence-corrected chi connectivity index (χ4v) is 6.33. The van der Waals surface area contributed by atoms with E-state index in [-0.39, 0.29) is 32.2 Å². The van der Waals surface area contributed by atoms with Gasteiger partial charge in [0, 0.05) is 12.8 Å². The van der Waals surface area contributed by atoms with Crippen LogP contribution in [0.3, 0.4) is 0 Å². The summed E-state index contributed by atoms with van der Waals surface area (Å²) in [6.07, 6.45) is 31.5. The molecule has 0 rings (SSSR count). The second-order valence-corrected chi connectivity index (χ2v) is 14.4. The minimum absolute atomic E-state index is 0.00535. The maximum atomic E-state index is 12.5. The van der Waals surface area contributed by atoms with Crippen LogP contribution in [-0.2, 0) is 32.7 Å². The molecule has 0 fully saturated rings. The third kappa shape index (κ3) is 33.0. The number of unbranched alkanes of at least 4 members (excludes halogenated alkanes) is 24. The van der Waals surface area contributed by atoms with Gasteiger partial charge in [-0.05, 0) is 19.8 Å². The van der Waals surface area contributed by atoms with E-state index in [1.165, 1.54) is 128 Å². The topological polar surface area (TPSA) is 108 Å². The Bertz CT molecular complexity index is 732. The Morgan fingerprint density at radius 1 is 0.500 bits per heavy atom. The summed E-state index contributed by atoms with van der Waals surface area (Å²) in [6, 6.07) is 0. The maximum Gasteiger partial charge on any atom is 0.472 e. The van der Waals surface area contributed by atoms with Crippen molar-refractivity contribution in [2.45, 2.75) is 207 Å². The second-order valence-electron chi connectivity index (χ2n) is 13.0. The second kappa shape index (κ2) is 33.9. The van der Waals surface area contributed by atoms with E-state index in [2.05, 4.69) is 13.8 Å². The van der Waals surface area contributed by atoms with Gasteiger partial charge in [0.25, 0.3) is 0 Å². The highest BCUT2D eigenvalue weighted by Crippen LogP contribution is 2.43. The lowest BCUT2D eigenvalue weighted by molar-refractivity contribution is -0.161. The summed E-state index contributed by atoms with van der Waals surface area (Å²) in [4.78, 5) is 34.6. The molecule has 0 aliphatic heterocycles. The van der Waals surface area contributed by atoms with Crippen LogP contribution < -0.4 is 0 Å². The first-order chi connectivity index (χ1) is 22.3. The van der Waals surface area contributed by atoms with Gasteiger partial charge in [-0.15, -0.1) is 0 Å². The van der Waals surface area contributed by atoms with Gasteiger partial charge >= 0.3 is 19.8 Å². The van der Waals surface area contributed by atoms with Gasteiger partial charge in [-0.25, -0.2) is 4.57 Å². The van der Waals surface area contributed by atoms with Crippen LogP contribution in [0.4, 0.5) is 0 Å². The Kier molecular flexibility index (Phi) is 33.2. The summed E-state index contributed by atoms with van der Waals surface area (Å²) in [5.41, 5.74) is 0. The fraction of sp³-hybridized carbons (Fsp3) is 0.946. The van der Waals surface area contributed by atoms with Gasteiger partial charge in [0.15, 0.2) is 6.10 Å². The number of carbonyl (C=O) groups is 2. The molecule has 0 aromatic heterocycles. The van der Waals surface area contributed by atoms with Crippen LogP contribution in [-0.4, -0.2) is 42.8 Å². The number of hydrogen-bond donors (Lipinski definition) is 1. The zero-order valence-electron chi connectivity index (χ0n) is 30.2. The normalized spacial score (nSPS) is 13.4. The molecule has 9 heteroatoms. The maximum absolute atomic E-state index is 12.5. The molecule has 274 valence electrons. The highest BCUT2D eigenvalue weighted by atomic mass is 31.2. The SMILES string of the molecule is CCCCCCCCCCCCCCCC(=O)OC[C@H](COP(=O)(O)OCC)OC(=O)CCCCCCCCCCCCCCC. The van der Waals surface area contributed by atoms with Crippen LogP contribution in [0, 0.1) is 0 Å². The van der Waals surface area contributed by atoms with Gasteiger partial charge in [0.05, 0.1) is 13.2 Å². The zero-order valence-corrected chi connectivity index (χ0v) is 31.1. The van der Waals surface area contributed by atoms with E-state index >= 15 is 0 Å². The first kappa shape index (κ1) is 45.0. The van der Waals surface area contributed by atoms with Crippen molar-refractivity contribution in [1.29, 1.82) is 0 Å². The zero-order chi connectivity index (χ0) is 34.0. The summed E-state index contributed by atoms with van der Waals surface area (Å²) in [5, 5.41) is 0. The molecule has 0 aliphatic carbocycles. The number of hydrogen-bond acceptors (Lipinski definition) is 7. The summed E-state index contributed by atoms with van der Waals surface area (Å²) in [7, 11) is -4.26. The number of esters is 2. The third-order valence-corrected chi connectivity index (χ3v) is 9.47. The molecule has 0 aromatic carbocycles. The van der Waals surface area contributed by atoms with Crippen molar-refractivity contribution in [2.24, 2.45) is 0 Å². The van der Waals surface area contributed by atoms with Gasteiger partial charge < -0.3 is 14.4 Å². The minimum atomic E-state index is -4.26. The quantitative estimate of drug-likeness (QED) is 0.0397. The van der Waals surface area contributed by atoms with Crippen LogP contribution in [0.25, 0.3) is 0 Å². The van der Waals surface area contributed by atoms with Crippen LogP contribution in [0.2, 0.25) is 0 Å². The smallest absolute Gasteiger partial charge is 0.462 e. The molecule has 0 heterocycles. The molecule has 0 spiro atoms. The number of carbonyl (C=O) groups excluding carboxylic acids is 2. The molecule has 1 unspecified atom stereocenters. The van der Waals surface area contributed by atoms with Crippen LogP contribution in [0.5, 0.6) is 0 Å². The molecule has 0 aromatic rings. The van der Waals surface area contributed by atoms with Crippen molar-refractivity contribution in [1.82, 2.24) is 0 Å². The Balaban J connectivity index is 4.11. The van der Waals surface area contributed by atoms with Gasteiger partial charge in [-0.3, -0.25) is 18.6 Å². The predicted octanol–water partition coefficient (Wildman–Crippen LogP) is 11.6. The van der Waals surface area contributed by atoms with Crippen molar-refractivity contribution in [3.8, 4) is 0 Å². The molecule has 0 saturated heterocycles. The first-order valence-electron chi connectivity index (χ1n) is 19.3. The average Bonchev–Trinajstić information content (AvgIpc) is 3.03. The summed E-state index contributed by atoms with van der Waals surface area (Å²) >= 11 is 0. The number of ether oxygens (including phenoxy) is 2. The molecular weight excluding hydrogens is 603 g/mol. The molecule has 0 bridgehead atoms. The van der Waals surface area contributed by atoms with Gasteiger partial charge in [0.2, 0.25) is 0 Å². The van der Waals surface area contributed by atoms with E-state index < -0.39 is 19.9 Å². The standard InChI is InChI=1S/C37H73O8P/c1-4-7-9-11-13-15-17-19-21-23-25-27-29-31-36(38)42-33-35(34-44-46(40,41)43-6-3)45-37(39)32-30-28-26-24-22-20-18-16-14-12-10-8-5-2/h35H,4-34H2,1-3H3,(H,40,41)/t35-/m1/s1. The molecule has 1 N–H and O–H groups in total. The monoisotopic (exact) mass is 677 g/mol.